The fraction of sp³-hybridized carbons (Fsp3) is 0.227. The molecule has 0 spiro atoms. The number of fused-ring (bicyclic) bond motifs is 3. The SMILES string of the molecule is CCc1cc(-c2ccc3oc4ccccc4c3c2)ncc1[Si](C)(C)C. The Hall–Kier alpha value is -2.39. The molecule has 2 heterocycles. The molecule has 126 valence electrons. The van der Waals surface area contributed by atoms with Gasteiger partial charge in [-0.05, 0) is 47.5 Å². The normalized spacial score (nSPS) is 12.2. The van der Waals surface area contributed by atoms with Crippen molar-refractivity contribution in [2.45, 2.75) is 33.0 Å². The largest absolute Gasteiger partial charge is 0.456 e. The molecular formula is C22H23NOSi. The monoisotopic (exact) mass is 345 g/mol. The first-order valence-corrected chi connectivity index (χ1v) is 12.4. The molecule has 0 aliphatic heterocycles. The van der Waals surface area contributed by atoms with Crippen molar-refractivity contribution in [2.24, 2.45) is 0 Å². The van der Waals surface area contributed by atoms with Gasteiger partial charge < -0.3 is 4.42 Å². The molecular weight excluding hydrogens is 322 g/mol. The maximum Gasteiger partial charge on any atom is 0.135 e. The summed E-state index contributed by atoms with van der Waals surface area (Å²) in [5.41, 5.74) is 5.49. The summed E-state index contributed by atoms with van der Waals surface area (Å²) in [6, 6.07) is 16.9. The van der Waals surface area contributed by atoms with Gasteiger partial charge in [-0.2, -0.15) is 0 Å². The molecule has 4 aromatic rings. The van der Waals surface area contributed by atoms with E-state index < -0.39 is 8.07 Å². The van der Waals surface area contributed by atoms with Crippen molar-refractivity contribution < 1.29 is 4.42 Å². The van der Waals surface area contributed by atoms with Crippen LogP contribution < -0.4 is 5.19 Å². The van der Waals surface area contributed by atoms with E-state index in [-0.39, 0.29) is 0 Å². The highest BCUT2D eigenvalue weighted by molar-refractivity contribution is 6.89. The fourth-order valence-corrected chi connectivity index (χ4v) is 5.17. The Bertz CT molecular complexity index is 1070. The highest BCUT2D eigenvalue weighted by atomic mass is 28.3. The van der Waals surface area contributed by atoms with Crippen molar-refractivity contribution in [3.63, 3.8) is 0 Å². The third-order valence-corrected chi connectivity index (χ3v) is 6.92. The van der Waals surface area contributed by atoms with E-state index >= 15 is 0 Å². The maximum atomic E-state index is 5.94. The quantitative estimate of drug-likeness (QED) is 0.441. The number of hydrogen-bond acceptors (Lipinski definition) is 2. The predicted molar refractivity (Wildman–Crippen MR) is 109 cm³/mol. The molecule has 0 fully saturated rings. The average Bonchev–Trinajstić information content (AvgIpc) is 2.98. The first-order valence-electron chi connectivity index (χ1n) is 8.88. The maximum absolute atomic E-state index is 5.94. The van der Waals surface area contributed by atoms with Gasteiger partial charge in [0.1, 0.15) is 11.2 Å². The van der Waals surface area contributed by atoms with E-state index in [9.17, 15) is 0 Å². The minimum Gasteiger partial charge on any atom is -0.456 e. The van der Waals surface area contributed by atoms with Crippen LogP contribution in [-0.2, 0) is 6.42 Å². The zero-order chi connectivity index (χ0) is 17.6. The highest BCUT2D eigenvalue weighted by Crippen LogP contribution is 2.31. The summed E-state index contributed by atoms with van der Waals surface area (Å²) in [5, 5.41) is 3.78. The Morgan fingerprint density at radius 1 is 0.920 bits per heavy atom. The summed E-state index contributed by atoms with van der Waals surface area (Å²) in [7, 11) is -1.37. The van der Waals surface area contributed by atoms with Crippen LogP contribution in [0.1, 0.15) is 12.5 Å². The van der Waals surface area contributed by atoms with Gasteiger partial charge in [-0.1, -0.05) is 44.8 Å². The van der Waals surface area contributed by atoms with Crippen LogP contribution in [0, 0.1) is 0 Å². The number of aromatic nitrogens is 1. The third kappa shape index (κ3) is 2.79. The molecule has 3 heteroatoms. The molecule has 2 nitrogen and oxygen atoms in total. The number of benzene rings is 2. The Morgan fingerprint density at radius 2 is 1.68 bits per heavy atom. The number of hydrogen-bond donors (Lipinski definition) is 0. The van der Waals surface area contributed by atoms with Crippen LogP contribution in [0.25, 0.3) is 33.2 Å². The molecule has 0 aliphatic carbocycles. The van der Waals surface area contributed by atoms with Crippen molar-refractivity contribution in [2.75, 3.05) is 0 Å². The number of nitrogens with zero attached hydrogens (tertiary/aromatic N) is 1. The van der Waals surface area contributed by atoms with Crippen LogP contribution in [0.4, 0.5) is 0 Å². The zero-order valence-electron chi connectivity index (χ0n) is 15.3. The van der Waals surface area contributed by atoms with Crippen LogP contribution in [0.5, 0.6) is 0 Å². The zero-order valence-corrected chi connectivity index (χ0v) is 16.3. The van der Waals surface area contributed by atoms with Gasteiger partial charge >= 0.3 is 0 Å². The van der Waals surface area contributed by atoms with E-state index in [0.29, 0.717) is 0 Å². The molecule has 0 radical (unpaired) electrons. The van der Waals surface area contributed by atoms with Gasteiger partial charge in [-0.15, -0.1) is 0 Å². The second kappa shape index (κ2) is 5.85. The molecule has 4 rings (SSSR count). The summed E-state index contributed by atoms with van der Waals surface area (Å²) >= 11 is 0. The van der Waals surface area contributed by atoms with Crippen LogP contribution in [-0.4, -0.2) is 13.1 Å². The molecule has 2 aromatic carbocycles. The van der Waals surface area contributed by atoms with E-state index in [1.165, 1.54) is 10.8 Å². The number of furan rings is 1. The molecule has 0 atom stereocenters. The van der Waals surface area contributed by atoms with Crippen molar-refractivity contribution >= 4 is 35.2 Å². The van der Waals surface area contributed by atoms with E-state index in [1.807, 2.05) is 12.1 Å². The lowest BCUT2D eigenvalue weighted by molar-refractivity contribution is 0.669. The molecule has 0 amide bonds. The second-order valence-corrected chi connectivity index (χ2v) is 12.7. The second-order valence-electron chi connectivity index (χ2n) is 7.64. The molecule has 0 saturated heterocycles. The Morgan fingerprint density at radius 3 is 2.44 bits per heavy atom. The Balaban J connectivity index is 1.88. The summed E-state index contributed by atoms with van der Waals surface area (Å²) in [6.07, 6.45) is 3.16. The van der Waals surface area contributed by atoms with E-state index in [4.69, 9.17) is 9.40 Å². The standard InChI is InChI=1S/C22H23NOSi/c1-5-15-13-19(23-14-22(15)25(2,3)4)16-10-11-21-18(12-16)17-8-6-7-9-20(17)24-21/h6-14H,5H2,1-4H3. The Labute approximate surface area is 149 Å². The van der Waals surface area contributed by atoms with Gasteiger partial charge in [0.2, 0.25) is 0 Å². The van der Waals surface area contributed by atoms with Crippen LogP contribution in [0.2, 0.25) is 19.6 Å². The van der Waals surface area contributed by atoms with Gasteiger partial charge in [0.15, 0.2) is 0 Å². The topological polar surface area (TPSA) is 26.0 Å². The lowest BCUT2D eigenvalue weighted by Gasteiger charge is -2.20. The Kier molecular flexibility index (Phi) is 3.77. The van der Waals surface area contributed by atoms with E-state index in [2.05, 4.69) is 69.2 Å². The van der Waals surface area contributed by atoms with Crippen molar-refractivity contribution in [3.05, 3.63) is 60.3 Å². The van der Waals surface area contributed by atoms with E-state index in [0.717, 1.165) is 39.6 Å². The molecule has 0 N–H and O–H groups in total. The van der Waals surface area contributed by atoms with Gasteiger partial charge in [-0.3, -0.25) is 4.98 Å². The van der Waals surface area contributed by atoms with Gasteiger partial charge in [0.25, 0.3) is 0 Å². The lowest BCUT2D eigenvalue weighted by atomic mass is 10.0. The third-order valence-electron chi connectivity index (χ3n) is 4.85. The lowest BCUT2D eigenvalue weighted by Crippen LogP contribution is -2.40. The first-order chi connectivity index (χ1) is 12.0. The fourth-order valence-electron chi connectivity index (χ4n) is 3.51. The summed E-state index contributed by atoms with van der Waals surface area (Å²) < 4.78 is 5.94. The smallest absolute Gasteiger partial charge is 0.135 e. The average molecular weight is 346 g/mol. The summed E-state index contributed by atoms with van der Waals surface area (Å²) in [5.74, 6) is 0. The van der Waals surface area contributed by atoms with Crippen molar-refractivity contribution in [1.82, 2.24) is 4.98 Å². The van der Waals surface area contributed by atoms with Crippen molar-refractivity contribution in [1.29, 1.82) is 0 Å². The van der Waals surface area contributed by atoms with Crippen LogP contribution >= 0.6 is 0 Å². The minimum atomic E-state index is -1.37. The number of para-hydroxylation sites is 1. The molecule has 2 aromatic heterocycles. The highest BCUT2D eigenvalue weighted by Gasteiger charge is 2.20. The first kappa shape index (κ1) is 16.1. The van der Waals surface area contributed by atoms with Crippen molar-refractivity contribution in [3.8, 4) is 11.3 Å². The number of aryl methyl sites for hydroxylation is 1. The van der Waals surface area contributed by atoms with E-state index in [1.54, 1.807) is 0 Å². The summed E-state index contributed by atoms with van der Waals surface area (Å²) in [6.45, 7) is 9.38. The molecule has 0 saturated carbocycles. The van der Waals surface area contributed by atoms with Gasteiger partial charge in [0, 0.05) is 22.5 Å². The summed E-state index contributed by atoms with van der Waals surface area (Å²) in [4.78, 5) is 4.80. The number of rotatable bonds is 3. The number of pyridine rings is 1. The molecule has 0 bridgehead atoms. The molecule has 0 aliphatic rings. The van der Waals surface area contributed by atoms with Gasteiger partial charge in [-0.25, -0.2) is 0 Å². The minimum absolute atomic E-state index is 0.930. The predicted octanol–water partition coefficient (Wildman–Crippen LogP) is 5.76. The molecule has 25 heavy (non-hydrogen) atoms. The van der Waals surface area contributed by atoms with Gasteiger partial charge in [0.05, 0.1) is 13.8 Å². The van der Waals surface area contributed by atoms with Crippen LogP contribution in [0.15, 0.2) is 59.1 Å². The van der Waals surface area contributed by atoms with Crippen LogP contribution in [0.3, 0.4) is 0 Å². The molecule has 0 unspecified atom stereocenters.